The van der Waals surface area contributed by atoms with Crippen molar-refractivity contribution < 1.29 is 14.7 Å². The fourth-order valence-electron chi connectivity index (χ4n) is 2.77. The summed E-state index contributed by atoms with van der Waals surface area (Å²) in [4.78, 5) is 30.4. The zero-order valence-corrected chi connectivity index (χ0v) is 11.5. The van der Waals surface area contributed by atoms with Crippen LogP contribution < -0.4 is 5.32 Å². The molecular weight excluding hydrogens is 258 g/mol. The smallest absolute Gasteiger partial charge is 0.307 e. The summed E-state index contributed by atoms with van der Waals surface area (Å²) >= 11 is 0. The van der Waals surface area contributed by atoms with Gasteiger partial charge in [-0.15, -0.1) is 0 Å². The Bertz CT molecular complexity index is 445. The summed E-state index contributed by atoms with van der Waals surface area (Å²) in [5.74, 6) is -0.948. The molecule has 3 N–H and O–H groups in total. The lowest BCUT2D eigenvalue weighted by atomic mass is 9.78. The number of carboxylic acid groups (broad SMARTS) is 1. The molecule has 2 rings (SSSR count). The number of carbonyl (C=O) groups excluding carboxylic acids is 1. The van der Waals surface area contributed by atoms with Gasteiger partial charge in [0.05, 0.1) is 11.8 Å². The molecule has 110 valence electrons. The first kappa shape index (κ1) is 14.6. The van der Waals surface area contributed by atoms with E-state index in [-0.39, 0.29) is 11.8 Å². The van der Waals surface area contributed by atoms with Gasteiger partial charge in [-0.1, -0.05) is 12.8 Å². The normalized spacial score (nSPS) is 22.4. The monoisotopic (exact) mass is 279 g/mol. The second-order valence-corrected chi connectivity index (χ2v) is 5.27. The van der Waals surface area contributed by atoms with Gasteiger partial charge in [-0.05, 0) is 19.3 Å². The number of carboxylic acids is 1. The second-order valence-electron chi connectivity index (χ2n) is 5.27. The van der Waals surface area contributed by atoms with E-state index in [1.807, 2.05) is 0 Å². The molecule has 0 unspecified atom stereocenters. The van der Waals surface area contributed by atoms with E-state index < -0.39 is 11.9 Å². The van der Waals surface area contributed by atoms with Gasteiger partial charge in [-0.25, -0.2) is 4.98 Å². The van der Waals surface area contributed by atoms with Crippen LogP contribution in [0, 0.1) is 11.8 Å². The summed E-state index contributed by atoms with van der Waals surface area (Å²) in [6, 6.07) is 0. The fourth-order valence-corrected chi connectivity index (χ4v) is 2.77. The van der Waals surface area contributed by atoms with Gasteiger partial charge in [0.2, 0.25) is 5.91 Å². The molecule has 1 fully saturated rings. The molecule has 0 aliphatic heterocycles. The molecule has 1 aromatic heterocycles. The quantitative estimate of drug-likeness (QED) is 0.685. The Kier molecular flexibility index (Phi) is 5.15. The van der Waals surface area contributed by atoms with E-state index in [2.05, 4.69) is 15.3 Å². The number of aliphatic carboxylic acids is 1. The Morgan fingerprint density at radius 3 is 2.75 bits per heavy atom. The maximum absolute atomic E-state index is 12.1. The SMILES string of the molecule is O=C(O)[C@H]1CCCC[C@H]1C(=O)NCCCc1ncc[nH]1. The van der Waals surface area contributed by atoms with Crippen molar-refractivity contribution in [2.24, 2.45) is 11.8 Å². The van der Waals surface area contributed by atoms with Crippen LogP contribution in [0.25, 0.3) is 0 Å². The van der Waals surface area contributed by atoms with Gasteiger partial charge in [0.25, 0.3) is 0 Å². The van der Waals surface area contributed by atoms with Gasteiger partial charge < -0.3 is 15.4 Å². The highest BCUT2D eigenvalue weighted by Crippen LogP contribution is 2.30. The number of aromatic nitrogens is 2. The number of nitrogens with one attached hydrogen (secondary N) is 2. The number of nitrogens with zero attached hydrogens (tertiary/aromatic N) is 1. The number of aryl methyl sites for hydroxylation is 1. The number of hydrogen-bond acceptors (Lipinski definition) is 3. The molecule has 1 saturated carbocycles. The van der Waals surface area contributed by atoms with Crippen molar-refractivity contribution in [2.45, 2.75) is 38.5 Å². The lowest BCUT2D eigenvalue weighted by Gasteiger charge is -2.27. The van der Waals surface area contributed by atoms with Crippen LogP contribution in [0.15, 0.2) is 12.4 Å². The van der Waals surface area contributed by atoms with Gasteiger partial charge in [0.15, 0.2) is 0 Å². The molecule has 1 aliphatic carbocycles. The van der Waals surface area contributed by atoms with Gasteiger partial charge in [0, 0.05) is 25.4 Å². The van der Waals surface area contributed by atoms with Crippen LogP contribution in [-0.2, 0) is 16.0 Å². The molecule has 1 heterocycles. The predicted molar refractivity (Wildman–Crippen MR) is 73.0 cm³/mol. The Balaban J connectivity index is 1.74. The maximum Gasteiger partial charge on any atom is 0.307 e. The third kappa shape index (κ3) is 3.82. The van der Waals surface area contributed by atoms with Crippen molar-refractivity contribution in [3.05, 3.63) is 18.2 Å². The maximum atomic E-state index is 12.1. The van der Waals surface area contributed by atoms with Crippen LogP contribution in [-0.4, -0.2) is 33.5 Å². The van der Waals surface area contributed by atoms with E-state index in [0.717, 1.165) is 31.5 Å². The van der Waals surface area contributed by atoms with Gasteiger partial charge in [-0.2, -0.15) is 0 Å². The topological polar surface area (TPSA) is 95.1 Å². The summed E-state index contributed by atoms with van der Waals surface area (Å²) in [7, 11) is 0. The molecule has 0 aromatic carbocycles. The number of amides is 1. The first-order valence-electron chi connectivity index (χ1n) is 7.17. The van der Waals surface area contributed by atoms with Crippen LogP contribution in [0.3, 0.4) is 0 Å². The van der Waals surface area contributed by atoms with Crippen molar-refractivity contribution in [2.75, 3.05) is 6.54 Å². The summed E-state index contributed by atoms with van der Waals surface area (Å²) in [6.07, 6.45) is 8.18. The lowest BCUT2D eigenvalue weighted by Crippen LogP contribution is -2.40. The van der Waals surface area contributed by atoms with Crippen LogP contribution in [0.1, 0.15) is 37.9 Å². The molecule has 6 nitrogen and oxygen atoms in total. The van der Waals surface area contributed by atoms with Crippen molar-refractivity contribution in [3.63, 3.8) is 0 Å². The highest BCUT2D eigenvalue weighted by Gasteiger charge is 2.35. The molecule has 1 amide bonds. The lowest BCUT2D eigenvalue weighted by molar-refractivity contribution is -0.148. The number of aromatic amines is 1. The number of imidazole rings is 1. The molecule has 6 heteroatoms. The molecule has 0 saturated heterocycles. The van der Waals surface area contributed by atoms with E-state index in [9.17, 15) is 9.59 Å². The summed E-state index contributed by atoms with van der Waals surface area (Å²) in [5, 5.41) is 12.0. The minimum Gasteiger partial charge on any atom is -0.481 e. The van der Waals surface area contributed by atoms with E-state index in [4.69, 9.17) is 5.11 Å². The molecule has 20 heavy (non-hydrogen) atoms. The first-order valence-corrected chi connectivity index (χ1v) is 7.17. The number of rotatable bonds is 6. The van der Waals surface area contributed by atoms with E-state index in [1.165, 1.54) is 0 Å². The fraction of sp³-hybridized carbons (Fsp3) is 0.643. The molecule has 2 atom stereocenters. The Hall–Kier alpha value is -1.85. The Labute approximate surface area is 118 Å². The number of H-pyrrole nitrogens is 1. The van der Waals surface area contributed by atoms with Crippen molar-refractivity contribution >= 4 is 11.9 Å². The van der Waals surface area contributed by atoms with E-state index in [0.29, 0.717) is 19.4 Å². The third-order valence-corrected chi connectivity index (χ3v) is 3.86. The summed E-state index contributed by atoms with van der Waals surface area (Å²) in [5.41, 5.74) is 0. The van der Waals surface area contributed by atoms with E-state index in [1.54, 1.807) is 12.4 Å². The van der Waals surface area contributed by atoms with Crippen molar-refractivity contribution in [1.82, 2.24) is 15.3 Å². The Morgan fingerprint density at radius 2 is 2.10 bits per heavy atom. The highest BCUT2D eigenvalue weighted by atomic mass is 16.4. The summed E-state index contributed by atoms with van der Waals surface area (Å²) < 4.78 is 0. The molecule has 1 aromatic rings. The van der Waals surface area contributed by atoms with Crippen molar-refractivity contribution in [1.29, 1.82) is 0 Å². The van der Waals surface area contributed by atoms with E-state index >= 15 is 0 Å². The van der Waals surface area contributed by atoms with Crippen LogP contribution in [0.2, 0.25) is 0 Å². The van der Waals surface area contributed by atoms with Crippen LogP contribution >= 0.6 is 0 Å². The minimum absolute atomic E-state index is 0.114. The zero-order chi connectivity index (χ0) is 14.4. The van der Waals surface area contributed by atoms with Gasteiger partial charge in [-0.3, -0.25) is 9.59 Å². The molecular formula is C14H21N3O3. The highest BCUT2D eigenvalue weighted by molar-refractivity contribution is 5.84. The molecule has 0 radical (unpaired) electrons. The van der Waals surface area contributed by atoms with Gasteiger partial charge in [0.1, 0.15) is 5.82 Å². The molecule has 1 aliphatic rings. The second kappa shape index (κ2) is 7.07. The predicted octanol–water partition coefficient (Wildman–Crippen LogP) is 1.35. The first-order chi connectivity index (χ1) is 9.68. The minimum atomic E-state index is -0.847. The largest absolute Gasteiger partial charge is 0.481 e. The van der Waals surface area contributed by atoms with Crippen LogP contribution in [0.4, 0.5) is 0 Å². The number of hydrogen-bond donors (Lipinski definition) is 3. The number of carbonyl (C=O) groups is 2. The molecule has 0 bridgehead atoms. The molecule has 0 spiro atoms. The summed E-state index contributed by atoms with van der Waals surface area (Å²) in [6.45, 7) is 0.558. The van der Waals surface area contributed by atoms with Crippen LogP contribution in [0.5, 0.6) is 0 Å². The Morgan fingerprint density at radius 1 is 1.35 bits per heavy atom. The average molecular weight is 279 g/mol. The standard InChI is InChI=1S/C14H21N3O3/c18-13(10-4-1-2-5-11(10)14(19)20)17-7-3-6-12-15-8-9-16-12/h8-11H,1-7H2,(H,15,16)(H,17,18)(H,19,20)/t10-,11+/m1/s1. The third-order valence-electron chi connectivity index (χ3n) is 3.86. The van der Waals surface area contributed by atoms with Crippen molar-refractivity contribution in [3.8, 4) is 0 Å². The zero-order valence-electron chi connectivity index (χ0n) is 11.5. The average Bonchev–Trinajstić information content (AvgIpc) is 2.96. The van der Waals surface area contributed by atoms with Gasteiger partial charge >= 0.3 is 5.97 Å².